The van der Waals surface area contributed by atoms with E-state index in [2.05, 4.69) is 11.6 Å². The number of nitrogens with two attached hydrogens (primary N) is 1. The van der Waals surface area contributed by atoms with E-state index in [1.165, 1.54) is 6.20 Å². The minimum atomic E-state index is -0.686. The molecule has 10 heavy (non-hydrogen) atoms. The molecule has 0 aromatic heterocycles. The molecule has 0 radical (unpaired) electrons. The number of aliphatic imine (C=N–C) groups is 1. The Bertz CT molecular complexity index is 159. The topological polar surface area (TPSA) is 58.6 Å². The third kappa shape index (κ3) is 3.86. The van der Waals surface area contributed by atoms with Gasteiger partial charge in [-0.3, -0.25) is 0 Å². The van der Waals surface area contributed by atoms with Crippen LogP contribution in [0.1, 0.15) is 6.92 Å². The van der Waals surface area contributed by atoms with Crippen LogP contribution in [0.15, 0.2) is 29.9 Å². The predicted molar refractivity (Wildman–Crippen MR) is 42.6 cm³/mol. The summed E-state index contributed by atoms with van der Waals surface area (Å²) in [5.74, 6) is 0.207. The summed E-state index contributed by atoms with van der Waals surface area (Å²) in [5, 5.41) is 8.80. The van der Waals surface area contributed by atoms with Gasteiger partial charge in [0.1, 0.15) is 11.9 Å². The zero-order valence-corrected chi connectivity index (χ0v) is 5.99. The van der Waals surface area contributed by atoms with Gasteiger partial charge in [-0.15, -0.1) is 0 Å². The molecule has 0 spiro atoms. The van der Waals surface area contributed by atoms with Crippen molar-refractivity contribution in [3.8, 4) is 0 Å². The van der Waals surface area contributed by atoms with Crippen LogP contribution in [0.2, 0.25) is 0 Å². The highest BCUT2D eigenvalue weighted by Crippen LogP contribution is 1.82. The summed E-state index contributed by atoms with van der Waals surface area (Å²) >= 11 is 0. The lowest BCUT2D eigenvalue weighted by atomic mass is 10.4. The molecule has 3 heteroatoms. The lowest BCUT2D eigenvalue weighted by Crippen LogP contribution is -2.25. The van der Waals surface area contributed by atoms with Crippen molar-refractivity contribution in [1.82, 2.24) is 0 Å². The van der Waals surface area contributed by atoms with Crippen molar-refractivity contribution in [2.45, 2.75) is 13.0 Å². The molecule has 56 valence electrons. The molecule has 1 atom stereocenters. The molecule has 0 aliphatic carbocycles. The fourth-order valence-corrected chi connectivity index (χ4v) is 0.298. The first-order chi connectivity index (χ1) is 4.68. The van der Waals surface area contributed by atoms with E-state index in [1.807, 2.05) is 0 Å². The molecule has 1 unspecified atom stereocenters. The molecule has 0 amide bonds. The van der Waals surface area contributed by atoms with E-state index < -0.39 is 6.10 Å². The largest absolute Gasteiger partial charge is 0.385 e. The van der Waals surface area contributed by atoms with Gasteiger partial charge in [0.2, 0.25) is 0 Å². The zero-order valence-electron chi connectivity index (χ0n) is 5.99. The molecule has 0 bridgehead atoms. The molecule has 0 saturated heterocycles. The van der Waals surface area contributed by atoms with Crippen molar-refractivity contribution >= 4 is 5.84 Å². The molecule has 0 heterocycles. The van der Waals surface area contributed by atoms with Crippen LogP contribution in [0.5, 0.6) is 0 Å². The van der Waals surface area contributed by atoms with E-state index in [1.54, 1.807) is 19.1 Å². The predicted octanol–water partition coefficient (Wildman–Crippen LogP) is 0.424. The molecule has 0 aromatic carbocycles. The Hall–Kier alpha value is -1.09. The number of hydrogen-bond donors (Lipinski definition) is 2. The van der Waals surface area contributed by atoms with Crippen LogP contribution in [-0.4, -0.2) is 17.0 Å². The van der Waals surface area contributed by atoms with Crippen LogP contribution < -0.4 is 5.73 Å². The molecule has 0 aromatic rings. The standard InChI is InChI=1S/C7H12N2O/c1-3-4-5-9-7(8)6(2)10/h3-6,10H,1H2,2H3,(H2,8,9)/b5-4-. The SMILES string of the molecule is C=C/C=C\N=C(N)C(C)O. The highest BCUT2D eigenvalue weighted by Gasteiger charge is 1.96. The van der Waals surface area contributed by atoms with E-state index in [-0.39, 0.29) is 5.84 Å². The van der Waals surface area contributed by atoms with Crippen LogP contribution >= 0.6 is 0 Å². The maximum absolute atomic E-state index is 8.80. The summed E-state index contributed by atoms with van der Waals surface area (Å²) in [4.78, 5) is 3.71. The molecule has 3 N–H and O–H groups in total. The Balaban J connectivity index is 3.91. The van der Waals surface area contributed by atoms with Crippen molar-refractivity contribution < 1.29 is 5.11 Å². The Morgan fingerprint density at radius 2 is 2.40 bits per heavy atom. The van der Waals surface area contributed by atoms with Gasteiger partial charge >= 0.3 is 0 Å². The number of rotatable bonds is 3. The van der Waals surface area contributed by atoms with E-state index >= 15 is 0 Å². The summed E-state index contributed by atoms with van der Waals surface area (Å²) in [7, 11) is 0. The zero-order chi connectivity index (χ0) is 7.98. The molecule has 0 aliphatic rings. The molecule has 0 fully saturated rings. The average Bonchev–Trinajstić information content (AvgIpc) is 1.88. The van der Waals surface area contributed by atoms with Crippen molar-refractivity contribution in [3.05, 3.63) is 24.9 Å². The van der Waals surface area contributed by atoms with Gasteiger partial charge in [0.25, 0.3) is 0 Å². The minimum absolute atomic E-state index is 0.207. The Labute approximate surface area is 60.6 Å². The Morgan fingerprint density at radius 1 is 1.80 bits per heavy atom. The van der Waals surface area contributed by atoms with E-state index in [4.69, 9.17) is 10.8 Å². The molecular formula is C7H12N2O. The quantitative estimate of drug-likeness (QED) is 0.339. The molecule has 0 saturated carbocycles. The van der Waals surface area contributed by atoms with Gasteiger partial charge in [-0.1, -0.05) is 12.7 Å². The lowest BCUT2D eigenvalue weighted by molar-refractivity contribution is 0.261. The summed E-state index contributed by atoms with van der Waals surface area (Å²) in [6.07, 6.45) is 4.01. The average molecular weight is 140 g/mol. The summed E-state index contributed by atoms with van der Waals surface area (Å²) < 4.78 is 0. The fourth-order valence-electron chi connectivity index (χ4n) is 0.298. The van der Waals surface area contributed by atoms with Crippen LogP contribution in [-0.2, 0) is 0 Å². The van der Waals surface area contributed by atoms with Crippen molar-refractivity contribution in [3.63, 3.8) is 0 Å². The smallest absolute Gasteiger partial charge is 0.128 e. The first-order valence-corrected chi connectivity index (χ1v) is 2.97. The summed E-state index contributed by atoms with van der Waals surface area (Å²) in [6.45, 7) is 5.00. The maximum atomic E-state index is 8.80. The second-order valence-electron chi connectivity index (χ2n) is 1.81. The highest BCUT2D eigenvalue weighted by molar-refractivity contribution is 5.84. The summed E-state index contributed by atoms with van der Waals surface area (Å²) in [6, 6.07) is 0. The number of aliphatic hydroxyl groups excluding tert-OH is 1. The number of aliphatic hydroxyl groups is 1. The van der Waals surface area contributed by atoms with E-state index in [9.17, 15) is 0 Å². The van der Waals surface area contributed by atoms with Crippen LogP contribution in [0.3, 0.4) is 0 Å². The van der Waals surface area contributed by atoms with Crippen LogP contribution in [0.4, 0.5) is 0 Å². The normalized spacial score (nSPS) is 15.6. The van der Waals surface area contributed by atoms with Crippen molar-refractivity contribution in [2.75, 3.05) is 0 Å². The highest BCUT2D eigenvalue weighted by atomic mass is 16.3. The van der Waals surface area contributed by atoms with Crippen LogP contribution in [0.25, 0.3) is 0 Å². The minimum Gasteiger partial charge on any atom is -0.385 e. The third-order valence-corrected chi connectivity index (χ3v) is 0.874. The number of amidine groups is 1. The van der Waals surface area contributed by atoms with Gasteiger partial charge in [-0.2, -0.15) is 0 Å². The van der Waals surface area contributed by atoms with Gasteiger partial charge in [0.15, 0.2) is 0 Å². The van der Waals surface area contributed by atoms with Crippen molar-refractivity contribution in [1.29, 1.82) is 0 Å². The maximum Gasteiger partial charge on any atom is 0.128 e. The molecule has 0 aliphatic heterocycles. The van der Waals surface area contributed by atoms with Gasteiger partial charge in [-0.05, 0) is 13.0 Å². The first-order valence-electron chi connectivity index (χ1n) is 2.97. The lowest BCUT2D eigenvalue weighted by Gasteiger charge is -1.98. The van der Waals surface area contributed by atoms with E-state index in [0.29, 0.717) is 0 Å². The second-order valence-corrected chi connectivity index (χ2v) is 1.81. The van der Waals surface area contributed by atoms with Gasteiger partial charge in [-0.25, -0.2) is 4.99 Å². The summed E-state index contributed by atoms with van der Waals surface area (Å²) in [5.41, 5.74) is 5.27. The van der Waals surface area contributed by atoms with E-state index in [0.717, 1.165) is 0 Å². The molecule has 3 nitrogen and oxygen atoms in total. The number of allylic oxidation sites excluding steroid dienone is 2. The Kier molecular flexibility index (Phi) is 4.24. The number of nitrogens with zero attached hydrogens (tertiary/aromatic N) is 1. The second kappa shape index (κ2) is 4.76. The monoisotopic (exact) mass is 140 g/mol. The molecule has 0 rings (SSSR count). The van der Waals surface area contributed by atoms with Crippen molar-refractivity contribution in [2.24, 2.45) is 10.7 Å². The number of hydrogen-bond acceptors (Lipinski definition) is 2. The Morgan fingerprint density at radius 3 is 2.80 bits per heavy atom. The fraction of sp³-hybridized carbons (Fsp3) is 0.286. The molecular weight excluding hydrogens is 128 g/mol. The first kappa shape index (κ1) is 8.91. The van der Waals surface area contributed by atoms with Gasteiger partial charge in [0, 0.05) is 6.20 Å². The van der Waals surface area contributed by atoms with Gasteiger partial charge < -0.3 is 10.8 Å². The third-order valence-electron chi connectivity index (χ3n) is 0.874. The van der Waals surface area contributed by atoms with Crippen LogP contribution in [0, 0.1) is 0 Å². The van der Waals surface area contributed by atoms with Gasteiger partial charge in [0.05, 0.1) is 0 Å².